The maximum Gasteiger partial charge on any atom is 0.246 e. The summed E-state index contributed by atoms with van der Waals surface area (Å²) in [4.78, 5) is 37.8. The van der Waals surface area contributed by atoms with E-state index in [1.165, 1.54) is 6.92 Å². The number of ketones is 1. The standard InChI is InChI=1S/C19H21N3O3/c1-13(20)19(25)21-17(23)12-22(2)16-11-7-6-10-15(16)18(24)14-8-4-3-5-9-14/h3-11,13H,12,20H2,1-2H3,(H,21,23,25)/t13-/m0/s1. The first-order valence-electron chi connectivity index (χ1n) is 7.89. The van der Waals surface area contributed by atoms with E-state index in [2.05, 4.69) is 5.32 Å². The number of hydrogen-bond acceptors (Lipinski definition) is 5. The summed E-state index contributed by atoms with van der Waals surface area (Å²) in [6, 6.07) is 15.2. The van der Waals surface area contributed by atoms with Gasteiger partial charge >= 0.3 is 0 Å². The quantitative estimate of drug-likeness (QED) is 0.775. The van der Waals surface area contributed by atoms with Gasteiger partial charge in [0.1, 0.15) is 0 Å². The van der Waals surface area contributed by atoms with E-state index in [9.17, 15) is 14.4 Å². The zero-order valence-corrected chi connectivity index (χ0v) is 14.2. The molecule has 0 radical (unpaired) electrons. The molecule has 0 bridgehead atoms. The molecule has 0 aliphatic heterocycles. The summed E-state index contributed by atoms with van der Waals surface area (Å²) in [6.07, 6.45) is 0. The third kappa shape index (κ3) is 4.74. The Hall–Kier alpha value is -2.99. The molecule has 0 aliphatic carbocycles. The number of nitrogens with two attached hydrogens (primary N) is 1. The molecule has 3 N–H and O–H groups in total. The number of nitrogens with one attached hydrogen (secondary N) is 1. The first-order valence-corrected chi connectivity index (χ1v) is 7.89. The van der Waals surface area contributed by atoms with Gasteiger partial charge in [-0.1, -0.05) is 42.5 Å². The molecule has 0 saturated carbocycles. The van der Waals surface area contributed by atoms with Gasteiger partial charge in [-0.25, -0.2) is 0 Å². The van der Waals surface area contributed by atoms with E-state index in [0.29, 0.717) is 16.8 Å². The second kappa shape index (κ2) is 8.21. The van der Waals surface area contributed by atoms with Gasteiger partial charge in [-0.2, -0.15) is 0 Å². The van der Waals surface area contributed by atoms with Gasteiger partial charge in [0, 0.05) is 23.9 Å². The molecule has 0 fully saturated rings. The van der Waals surface area contributed by atoms with Crippen molar-refractivity contribution in [2.24, 2.45) is 5.73 Å². The van der Waals surface area contributed by atoms with Crippen LogP contribution in [-0.2, 0) is 9.59 Å². The summed E-state index contributed by atoms with van der Waals surface area (Å²) in [5, 5.41) is 2.23. The maximum atomic E-state index is 12.7. The van der Waals surface area contributed by atoms with Crippen molar-refractivity contribution in [2.75, 3.05) is 18.5 Å². The highest BCUT2D eigenvalue weighted by molar-refractivity contribution is 6.12. The van der Waals surface area contributed by atoms with Crippen molar-refractivity contribution in [3.05, 3.63) is 65.7 Å². The number of imide groups is 1. The lowest BCUT2D eigenvalue weighted by Crippen LogP contribution is -2.45. The highest BCUT2D eigenvalue weighted by Gasteiger charge is 2.18. The number of para-hydroxylation sites is 1. The van der Waals surface area contributed by atoms with E-state index < -0.39 is 17.9 Å². The Bertz CT molecular complexity index is 772. The lowest BCUT2D eigenvalue weighted by molar-refractivity contribution is -0.130. The van der Waals surface area contributed by atoms with E-state index in [1.54, 1.807) is 60.5 Å². The van der Waals surface area contributed by atoms with Crippen molar-refractivity contribution in [1.82, 2.24) is 5.32 Å². The van der Waals surface area contributed by atoms with Gasteiger partial charge in [0.25, 0.3) is 0 Å². The third-order valence-corrected chi connectivity index (χ3v) is 3.65. The minimum absolute atomic E-state index is 0.0719. The number of nitrogens with zero attached hydrogens (tertiary/aromatic N) is 1. The van der Waals surface area contributed by atoms with Crippen LogP contribution in [0.4, 0.5) is 5.69 Å². The van der Waals surface area contributed by atoms with Crippen LogP contribution < -0.4 is 16.0 Å². The molecule has 0 aromatic heterocycles. The van der Waals surface area contributed by atoms with Crippen molar-refractivity contribution >= 4 is 23.3 Å². The van der Waals surface area contributed by atoms with Crippen LogP contribution in [0.15, 0.2) is 54.6 Å². The second-order valence-corrected chi connectivity index (χ2v) is 5.77. The molecule has 6 heteroatoms. The average molecular weight is 339 g/mol. The number of hydrogen-bond donors (Lipinski definition) is 2. The number of anilines is 1. The number of carbonyl (C=O) groups excluding carboxylic acids is 3. The van der Waals surface area contributed by atoms with E-state index >= 15 is 0 Å². The summed E-state index contributed by atoms with van der Waals surface area (Å²) < 4.78 is 0. The SMILES string of the molecule is C[C@H](N)C(=O)NC(=O)CN(C)c1ccccc1C(=O)c1ccccc1. The lowest BCUT2D eigenvalue weighted by atomic mass is 10.0. The Morgan fingerprint density at radius 1 is 1.04 bits per heavy atom. The van der Waals surface area contributed by atoms with Crippen LogP contribution in [0.3, 0.4) is 0 Å². The Morgan fingerprint density at radius 3 is 2.28 bits per heavy atom. The van der Waals surface area contributed by atoms with Gasteiger partial charge in [0.05, 0.1) is 12.6 Å². The Kier molecular flexibility index (Phi) is 6.03. The first kappa shape index (κ1) is 18.4. The summed E-state index contributed by atoms with van der Waals surface area (Å²) >= 11 is 0. The van der Waals surface area contributed by atoms with Crippen molar-refractivity contribution in [3.63, 3.8) is 0 Å². The summed E-state index contributed by atoms with van der Waals surface area (Å²) in [5.74, 6) is -1.14. The second-order valence-electron chi connectivity index (χ2n) is 5.77. The summed E-state index contributed by atoms with van der Waals surface area (Å²) in [6.45, 7) is 1.43. The van der Waals surface area contributed by atoms with Crippen LogP contribution in [0.1, 0.15) is 22.8 Å². The molecule has 130 valence electrons. The molecule has 2 rings (SSSR count). The first-order chi connectivity index (χ1) is 11.9. The minimum Gasteiger partial charge on any atom is -0.365 e. The van der Waals surface area contributed by atoms with Gasteiger partial charge in [-0.3, -0.25) is 19.7 Å². The fourth-order valence-electron chi connectivity index (χ4n) is 2.33. The van der Waals surface area contributed by atoms with Gasteiger partial charge in [-0.15, -0.1) is 0 Å². The lowest BCUT2D eigenvalue weighted by Gasteiger charge is -2.21. The predicted octanol–water partition coefficient (Wildman–Crippen LogP) is 1.34. The van der Waals surface area contributed by atoms with Crippen LogP contribution in [-0.4, -0.2) is 37.2 Å². The number of amides is 2. The van der Waals surface area contributed by atoms with E-state index in [-0.39, 0.29) is 12.3 Å². The number of benzene rings is 2. The molecule has 2 aromatic carbocycles. The summed E-state index contributed by atoms with van der Waals surface area (Å²) in [5.41, 5.74) is 7.10. The third-order valence-electron chi connectivity index (χ3n) is 3.65. The van der Waals surface area contributed by atoms with Crippen LogP contribution in [0.5, 0.6) is 0 Å². The van der Waals surface area contributed by atoms with Crippen molar-refractivity contribution in [2.45, 2.75) is 13.0 Å². The van der Waals surface area contributed by atoms with E-state index in [4.69, 9.17) is 5.73 Å². The molecule has 25 heavy (non-hydrogen) atoms. The van der Waals surface area contributed by atoms with E-state index in [1.807, 2.05) is 6.07 Å². The van der Waals surface area contributed by atoms with E-state index in [0.717, 1.165) is 0 Å². The smallest absolute Gasteiger partial charge is 0.246 e. The molecule has 0 saturated heterocycles. The highest BCUT2D eigenvalue weighted by atomic mass is 16.2. The molecule has 2 aromatic rings. The number of likely N-dealkylation sites (N-methyl/N-ethyl adjacent to an activating group) is 1. The monoisotopic (exact) mass is 339 g/mol. The van der Waals surface area contributed by atoms with Gasteiger partial charge < -0.3 is 10.6 Å². The van der Waals surface area contributed by atoms with Crippen LogP contribution in [0, 0.1) is 0 Å². The Balaban J connectivity index is 2.18. The van der Waals surface area contributed by atoms with Crippen molar-refractivity contribution < 1.29 is 14.4 Å². The fourth-order valence-corrected chi connectivity index (χ4v) is 2.33. The van der Waals surface area contributed by atoms with Crippen molar-refractivity contribution in [3.8, 4) is 0 Å². The summed E-state index contributed by atoms with van der Waals surface area (Å²) in [7, 11) is 1.69. The molecule has 0 heterocycles. The number of carbonyl (C=O) groups is 3. The van der Waals surface area contributed by atoms with Gasteiger partial charge in [0.15, 0.2) is 5.78 Å². The highest BCUT2D eigenvalue weighted by Crippen LogP contribution is 2.22. The predicted molar refractivity (Wildman–Crippen MR) is 96.4 cm³/mol. The molecule has 0 unspecified atom stereocenters. The van der Waals surface area contributed by atoms with Crippen LogP contribution in [0.25, 0.3) is 0 Å². The molecule has 2 amide bonds. The molecular formula is C19H21N3O3. The maximum absolute atomic E-state index is 12.7. The average Bonchev–Trinajstić information content (AvgIpc) is 2.61. The van der Waals surface area contributed by atoms with Crippen LogP contribution in [0.2, 0.25) is 0 Å². The fraction of sp³-hybridized carbons (Fsp3) is 0.211. The minimum atomic E-state index is -0.763. The molecule has 6 nitrogen and oxygen atoms in total. The van der Waals surface area contributed by atoms with Gasteiger partial charge in [0.2, 0.25) is 11.8 Å². The van der Waals surface area contributed by atoms with Gasteiger partial charge in [-0.05, 0) is 19.1 Å². The zero-order chi connectivity index (χ0) is 18.4. The molecule has 0 spiro atoms. The topological polar surface area (TPSA) is 92.5 Å². The normalized spacial score (nSPS) is 11.5. The largest absolute Gasteiger partial charge is 0.365 e. The molecule has 1 atom stereocenters. The van der Waals surface area contributed by atoms with Crippen LogP contribution >= 0.6 is 0 Å². The number of rotatable bonds is 6. The Morgan fingerprint density at radius 2 is 1.64 bits per heavy atom. The molecule has 0 aliphatic rings. The Labute approximate surface area is 146 Å². The molecular weight excluding hydrogens is 318 g/mol. The van der Waals surface area contributed by atoms with Crippen molar-refractivity contribution in [1.29, 1.82) is 0 Å². The zero-order valence-electron chi connectivity index (χ0n) is 14.2.